The number of benzene rings is 1. The van der Waals surface area contributed by atoms with Crippen LogP contribution in [-0.2, 0) is 4.79 Å². The monoisotopic (exact) mass is 292 g/mol. The molecule has 21 heavy (non-hydrogen) atoms. The van der Waals surface area contributed by atoms with Gasteiger partial charge in [-0.1, -0.05) is 19.1 Å². The predicted molar refractivity (Wildman–Crippen MR) is 86.5 cm³/mol. The van der Waals surface area contributed by atoms with Gasteiger partial charge in [-0.2, -0.15) is 0 Å². The minimum Gasteiger partial charge on any atom is -0.494 e. The molecule has 1 amide bonds. The number of rotatable bonds is 8. The van der Waals surface area contributed by atoms with Crippen molar-refractivity contribution in [3.63, 3.8) is 0 Å². The Hall–Kier alpha value is -1.55. The lowest BCUT2D eigenvalue weighted by atomic mass is 10.1. The fourth-order valence-electron chi connectivity index (χ4n) is 2.03. The highest BCUT2D eigenvalue weighted by Gasteiger charge is 2.16. The number of hydrogen-bond acceptors (Lipinski definition) is 3. The van der Waals surface area contributed by atoms with Crippen molar-refractivity contribution in [2.24, 2.45) is 0 Å². The summed E-state index contributed by atoms with van der Waals surface area (Å²) in [6.45, 7) is 10.7. The van der Waals surface area contributed by atoms with Gasteiger partial charge in [-0.3, -0.25) is 10.1 Å². The van der Waals surface area contributed by atoms with Crippen LogP contribution in [0, 0.1) is 0 Å². The number of hydrogen-bond donors (Lipinski definition) is 2. The lowest BCUT2D eigenvalue weighted by Crippen LogP contribution is -2.45. The number of nitrogens with one attached hydrogen (secondary N) is 2. The molecular formula is C17H28N2O2. The van der Waals surface area contributed by atoms with Gasteiger partial charge < -0.3 is 10.1 Å². The fraction of sp³-hybridized carbons (Fsp3) is 0.588. The molecular weight excluding hydrogens is 264 g/mol. The van der Waals surface area contributed by atoms with Crippen LogP contribution in [0.15, 0.2) is 24.3 Å². The molecule has 2 N–H and O–H groups in total. The molecule has 0 radical (unpaired) electrons. The van der Waals surface area contributed by atoms with Crippen LogP contribution < -0.4 is 15.4 Å². The van der Waals surface area contributed by atoms with Gasteiger partial charge in [0.2, 0.25) is 5.91 Å². The molecule has 2 unspecified atom stereocenters. The second kappa shape index (κ2) is 8.67. The van der Waals surface area contributed by atoms with E-state index in [2.05, 4.69) is 24.5 Å². The summed E-state index contributed by atoms with van der Waals surface area (Å²) in [5.41, 5.74) is 1.14. The Kier molecular flexibility index (Phi) is 7.23. The molecule has 0 spiro atoms. The summed E-state index contributed by atoms with van der Waals surface area (Å²) in [6, 6.07) is 8.07. The van der Waals surface area contributed by atoms with E-state index < -0.39 is 0 Å². The third kappa shape index (κ3) is 6.17. The van der Waals surface area contributed by atoms with Crippen molar-refractivity contribution in [2.45, 2.75) is 59.2 Å². The Morgan fingerprint density at radius 1 is 1.14 bits per heavy atom. The van der Waals surface area contributed by atoms with E-state index in [1.807, 2.05) is 45.0 Å². The van der Waals surface area contributed by atoms with E-state index >= 15 is 0 Å². The first-order chi connectivity index (χ1) is 9.93. The molecule has 0 bridgehead atoms. The average molecular weight is 292 g/mol. The average Bonchev–Trinajstić information content (AvgIpc) is 2.44. The summed E-state index contributed by atoms with van der Waals surface area (Å²) in [4.78, 5) is 11.9. The first-order valence-electron chi connectivity index (χ1n) is 7.73. The molecule has 0 saturated heterocycles. The highest BCUT2D eigenvalue weighted by molar-refractivity contribution is 5.81. The molecule has 2 atom stereocenters. The summed E-state index contributed by atoms with van der Waals surface area (Å²) in [6.07, 6.45) is 1.00. The highest BCUT2D eigenvalue weighted by Crippen LogP contribution is 2.18. The minimum atomic E-state index is -0.224. The molecule has 1 aromatic carbocycles. The van der Waals surface area contributed by atoms with Crippen LogP contribution in [-0.4, -0.2) is 24.6 Å². The van der Waals surface area contributed by atoms with Gasteiger partial charge in [0.1, 0.15) is 5.75 Å². The standard InChI is InChI=1S/C17H28N2O2/c1-6-11-21-16-9-7-15(8-10-16)13(4)19-14(5)17(20)18-12(2)3/h7-10,12-14,19H,6,11H2,1-5H3,(H,18,20). The minimum absolute atomic E-state index is 0.0275. The lowest BCUT2D eigenvalue weighted by Gasteiger charge is -2.21. The second-order valence-electron chi connectivity index (χ2n) is 5.69. The molecule has 0 aliphatic carbocycles. The Morgan fingerprint density at radius 2 is 1.76 bits per heavy atom. The van der Waals surface area contributed by atoms with Gasteiger partial charge in [-0.15, -0.1) is 0 Å². The van der Waals surface area contributed by atoms with Crippen LogP contribution >= 0.6 is 0 Å². The maximum atomic E-state index is 11.9. The van der Waals surface area contributed by atoms with E-state index in [0.717, 1.165) is 24.3 Å². The van der Waals surface area contributed by atoms with Crippen molar-refractivity contribution in [3.8, 4) is 5.75 Å². The van der Waals surface area contributed by atoms with Crippen LogP contribution in [0.25, 0.3) is 0 Å². The van der Waals surface area contributed by atoms with Crippen molar-refractivity contribution in [2.75, 3.05) is 6.61 Å². The number of carbonyl (C=O) groups is 1. The number of carbonyl (C=O) groups excluding carboxylic acids is 1. The molecule has 1 aromatic rings. The molecule has 0 aromatic heterocycles. The molecule has 0 aliphatic rings. The molecule has 0 aliphatic heterocycles. The Labute approximate surface area is 128 Å². The summed E-state index contributed by atoms with van der Waals surface area (Å²) in [5, 5.41) is 6.22. The summed E-state index contributed by atoms with van der Waals surface area (Å²) < 4.78 is 5.57. The van der Waals surface area contributed by atoms with Crippen LogP contribution in [0.3, 0.4) is 0 Å². The number of amides is 1. The molecule has 4 nitrogen and oxygen atoms in total. The quantitative estimate of drug-likeness (QED) is 0.774. The smallest absolute Gasteiger partial charge is 0.237 e. The predicted octanol–water partition coefficient (Wildman–Crippen LogP) is 3.04. The third-order valence-corrected chi connectivity index (χ3v) is 3.18. The lowest BCUT2D eigenvalue weighted by molar-refractivity contribution is -0.123. The van der Waals surface area contributed by atoms with Gasteiger partial charge >= 0.3 is 0 Å². The first kappa shape index (κ1) is 17.5. The van der Waals surface area contributed by atoms with Gasteiger partial charge in [0, 0.05) is 12.1 Å². The topological polar surface area (TPSA) is 50.4 Å². The van der Waals surface area contributed by atoms with E-state index in [-0.39, 0.29) is 24.0 Å². The van der Waals surface area contributed by atoms with Crippen molar-refractivity contribution >= 4 is 5.91 Å². The van der Waals surface area contributed by atoms with Crippen molar-refractivity contribution < 1.29 is 9.53 Å². The summed E-state index contributed by atoms with van der Waals surface area (Å²) in [7, 11) is 0. The Bertz CT molecular complexity index is 429. The first-order valence-corrected chi connectivity index (χ1v) is 7.73. The van der Waals surface area contributed by atoms with E-state index in [0.29, 0.717) is 0 Å². The van der Waals surface area contributed by atoms with Crippen LogP contribution in [0.2, 0.25) is 0 Å². The van der Waals surface area contributed by atoms with Crippen molar-refractivity contribution in [1.82, 2.24) is 10.6 Å². The normalized spacial score (nSPS) is 13.8. The summed E-state index contributed by atoms with van der Waals surface area (Å²) >= 11 is 0. The second-order valence-corrected chi connectivity index (χ2v) is 5.69. The van der Waals surface area contributed by atoms with E-state index in [9.17, 15) is 4.79 Å². The Balaban J connectivity index is 2.54. The van der Waals surface area contributed by atoms with Crippen LogP contribution in [0.1, 0.15) is 52.6 Å². The van der Waals surface area contributed by atoms with Gasteiger partial charge in [-0.25, -0.2) is 0 Å². The SMILES string of the molecule is CCCOc1ccc(C(C)NC(C)C(=O)NC(C)C)cc1. The van der Waals surface area contributed by atoms with Gasteiger partial charge in [-0.05, 0) is 51.8 Å². The van der Waals surface area contributed by atoms with Crippen LogP contribution in [0.5, 0.6) is 5.75 Å². The zero-order valence-electron chi connectivity index (χ0n) is 13.8. The zero-order chi connectivity index (χ0) is 15.8. The van der Waals surface area contributed by atoms with Gasteiger partial charge in [0.05, 0.1) is 12.6 Å². The van der Waals surface area contributed by atoms with E-state index in [4.69, 9.17) is 4.74 Å². The van der Waals surface area contributed by atoms with Gasteiger partial charge in [0.25, 0.3) is 0 Å². The molecule has 0 heterocycles. The molecule has 4 heteroatoms. The molecule has 0 fully saturated rings. The number of ether oxygens (including phenoxy) is 1. The fourth-order valence-corrected chi connectivity index (χ4v) is 2.03. The summed E-state index contributed by atoms with van der Waals surface area (Å²) in [5.74, 6) is 0.915. The van der Waals surface area contributed by atoms with Crippen LogP contribution in [0.4, 0.5) is 0 Å². The largest absolute Gasteiger partial charge is 0.494 e. The van der Waals surface area contributed by atoms with Gasteiger partial charge in [0.15, 0.2) is 0 Å². The Morgan fingerprint density at radius 3 is 2.29 bits per heavy atom. The molecule has 118 valence electrons. The molecule has 0 saturated carbocycles. The van der Waals surface area contributed by atoms with E-state index in [1.54, 1.807) is 0 Å². The maximum absolute atomic E-state index is 11.9. The third-order valence-electron chi connectivity index (χ3n) is 3.18. The molecule has 1 rings (SSSR count). The highest BCUT2D eigenvalue weighted by atomic mass is 16.5. The van der Waals surface area contributed by atoms with Crippen molar-refractivity contribution in [1.29, 1.82) is 0 Å². The zero-order valence-corrected chi connectivity index (χ0v) is 13.8. The van der Waals surface area contributed by atoms with Crippen molar-refractivity contribution in [3.05, 3.63) is 29.8 Å². The maximum Gasteiger partial charge on any atom is 0.237 e. The van der Waals surface area contributed by atoms with E-state index in [1.165, 1.54) is 0 Å².